The number of hydrogen-bond acceptors (Lipinski definition) is 1. The van der Waals surface area contributed by atoms with Crippen molar-refractivity contribution in [3.63, 3.8) is 0 Å². The second kappa shape index (κ2) is 2.39. The minimum absolute atomic E-state index is 0.532. The normalized spacial score (nSPS) is 31.9. The van der Waals surface area contributed by atoms with Crippen LogP contribution in [-0.4, -0.2) is 4.98 Å². The summed E-state index contributed by atoms with van der Waals surface area (Å²) in [5, 5.41) is 0. The molecular formula is C13H17N. The van der Waals surface area contributed by atoms with E-state index < -0.39 is 0 Å². The Morgan fingerprint density at radius 3 is 2.86 bits per heavy atom. The van der Waals surface area contributed by atoms with Crippen molar-refractivity contribution >= 4 is 0 Å². The van der Waals surface area contributed by atoms with E-state index in [1.807, 2.05) is 0 Å². The van der Waals surface area contributed by atoms with Gasteiger partial charge in [0.05, 0.1) is 0 Å². The highest BCUT2D eigenvalue weighted by molar-refractivity contribution is 5.36. The van der Waals surface area contributed by atoms with Crippen LogP contribution in [0.2, 0.25) is 0 Å². The number of hydrogen-bond donors (Lipinski definition) is 0. The zero-order valence-electron chi connectivity index (χ0n) is 9.17. The summed E-state index contributed by atoms with van der Waals surface area (Å²) in [6.07, 6.45) is 2.60. The highest BCUT2D eigenvalue weighted by Crippen LogP contribution is 2.61. The summed E-state index contributed by atoms with van der Waals surface area (Å²) in [6, 6.07) is 4.47. The quantitative estimate of drug-likeness (QED) is 0.608. The highest BCUT2D eigenvalue weighted by atomic mass is 14.7. The van der Waals surface area contributed by atoms with Crippen LogP contribution in [0.1, 0.15) is 43.1 Å². The molecule has 0 aliphatic heterocycles. The van der Waals surface area contributed by atoms with Gasteiger partial charge in [0.1, 0.15) is 0 Å². The lowest BCUT2D eigenvalue weighted by molar-refractivity contribution is 0.0169. The molecule has 4 rings (SSSR count). The van der Waals surface area contributed by atoms with E-state index in [0.29, 0.717) is 5.41 Å². The fourth-order valence-corrected chi connectivity index (χ4v) is 3.23. The van der Waals surface area contributed by atoms with Crippen LogP contribution in [0.3, 0.4) is 0 Å². The van der Waals surface area contributed by atoms with Crippen LogP contribution in [0.25, 0.3) is 0 Å². The van der Waals surface area contributed by atoms with Gasteiger partial charge in [-0.25, -0.2) is 0 Å². The second-order valence-electron chi connectivity index (χ2n) is 5.50. The molecule has 1 saturated carbocycles. The van der Waals surface area contributed by atoms with E-state index in [-0.39, 0.29) is 0 Å². The lowest BCUT2D eigenvalue weighted by Crippen LogP contribution is -2.48. The maximum absolute atomic E-state index is 4.66. The predicted molar refractivity (Wildman–Crippen MR) is 57.3 cm³/mol. The Labute approximate surface area is 85.6 Å². The van der Waals surface area contributed by atoms with Crippen LogP contribution < -0.4 is 0 Å². The van der Waals surface area contributed by atoms with Crippen LogP contribution in [-0.2, 0) is 6.42 Å². The van der Waals surface area contributed by atoms with Gasteiger partial charge in [-0.3, -0.25) is 4.98 Å². The molecule has 3 aliphatic carbocycles. The van der Waals surface area contributed by atoms with Crippen molar-refractivity contribution in [2.24, 2.45) is 11.3 Å². The van der Waals surface area contributed by atoms with Crippen LogP contribution in [0, 0.1) is 18.3 Å². The monoisotopic (exact) mass is 187 g/mol. The van der Waals surface area contributed by atoms with Gasteiger partial charge in [-0.2, -0.15) is 0 Å². The highest BCUT2D eigenvalue weighted by Gasteiger charge is 2.52. The second-order valence-corrected chi connectivity index (χ2v) is 5.50. The van der Waals surface area contributed by atoms with E-state index >= 15 is 0 Å². The summed E-state index contributed by atoms with van der Waals surface area (Å²) in [4.78, 5) is 4.66. The smallest absolute Gasteiger partial charge is 0.0444 e. The van der Waals surface area contributed by atoms with Gasteiger partial charge in [0, 0.05) is 11.4 Å². The van der Waals surface area contributed by atoms with Crippen molar-refractivity contribution in [1.82, 2.24) is 4.98 Å². The van der Waals surface area contributed by atoms with Crippen molar-refractivity contribution in [2.45, 2.75) is 39.5 Å². The lowest BCUT2D eigenvalue weighted by atomic mass is 9.48. The van der Waals surface area contributed by atoms with E-state index in [1.165, 1.54) is 29.8 Å². The SMILES string of the molecule is Cc1ccc2c(n1)C[C@H]1C[C@@H]2C1(C)C. The Morgan fingerprint density at radius 1 is 1.36 bits per heavy atom. The Morgan fingerprint density at radius 2 is 2.14 bits per heavy atom. The molecule has 0 saturated heterocycles. The van der Waals surface area contributed by atoms with Crippen molar-refractivity contribution in [3.05, 3.63) is 29.1 Å². The first-order valence-corrected chi connectivity index (χ1v) is 5.55. The van der Waals surface area contributed by atoms with Crippen LogP contribution in [0.15, 0.2) is 12.1 Å². The number of aromatic nitrogens is 1. The summed E-state index contributed by atoms with van der Waals surface area (Å²) in [5.41, 5.74) is 4.61. The van der Waals surface area contributed by atoms with Gasteiger partial charge >= 0.3 is 0 Å². The summed E-state index contributed by atoms with van der Waals surface area (Å²) in [7, 11) is 0. The maximum Gasteiger partial charge on any atom is 0.0444 e. The molecule has 1 fully saturated rings. The van der Waals surface area contributed by atoms with Crippen molar-refractivity contribution in [3.8, 4) is 0 Å². The summed E-state index contributed by atoms with van der Waals surface area (Å²) in [6.45, 7) is 6.91. The maximum atomic E-state index is 4.66. The molecule has 1 aromatic rings. The fourth-order valence-electron chi connectivity index (χ4n) is 3.23. The van der Waals surface area contributed by atoms with Gasteiger partial charge < -0.3 is 0 Å². The number of rotatable bonds is 0. The third-order valence-electron chi connectivity index (χ3n) is 4.43. The minimum Gasteiger partial charge on any atom is -0.258 e. The molecule has 0 spiro atoms. The van der Waals surface area contributed by atoms with Crippen molar-refractivity contribution < 1.29 is 0 Å². The van der Waals surface area contributed by atoms with Gasteiger partial charge in [-0.1, -0.05) is 19.9 Å². The molecule has 14 heavy (non-hydrogen) atoms. The molecule has 1 nitrogen and oxygen atoms in total. The molecule has 74 valence electrons. The third kappa shape index (κ3) is 0.879. The molecule has 2 bridgehead atoms. The summed E-state index contributed by atoms with van der Waals surface area (Å²) < 4.78 is 0. The van der Waals surface area contributed by atoms with Crippen LogP contribution in [0.5, 0.6) is 0 Å². The van der Waals surface area contributed by atoms with Crippen LogP contribution >= 0.6 is 0 Å². The summed E-state index contributed by atoms with van der Waals surface area (Å²) in [5.74, 6) is 1.67. The fraction of sp³-hybridized carbons (Fsp3) is 0.615. The Hall–Kier alpha value is -0.850. The first kappa shape index (κ1) is 8.46. The first-order valence-electron chi connectivity index (χ1n) is 5.55. The van der Waals surface area contributed by atoms with Gasteiger partial charge in [-0.05, 0) is 48.6 Å². The van der Waals surface area contributed by atoms with E-state index in [4.69, 9.17) is 0 Å². The number of nitrogens with zero attached hydrogens (tertiary/aromatic N) is 1. The Kier molecular flexibility index (Phi) is 1.44. The van der Waals surface area contributed by atoms with Gasteiger partial charge in [0.2, 0.25) is 0 Å². The molecule has 0 unspecified atom stereocenters. The molecule has 2 atom stereocenters. The number of aryl methyl sites for hydroxylation is 1. The molecule has 3 aliphatic rings. The van der Waals surface area contributed by atoms with E-state index in [9.17, 15) is 0 Å². The third-order valence-corrected chi connectivity index (χ3v) is 4.43. The number of pyridine rings is 1. The van der Waals surface area contributed by atoms with Crippen LogP contribution in [0.4, 0.5) is 0 Å². The molecule has 1 heteroatoms. The lowest BCUT2D eigenvalue weighted by Gasteiger charge is -2.56. The average Bonchev–Trinajstić information content (AvgIpc) is 2.16. The average molecular weight is 187 g/mol. The topological polar surface area (TPSA) is 12.9 Å². The zero-order chi connectivity index (χ0) is 9.92. The molecule has 0 amide bonds. The van der Waals surface area contributed by atoms with Gasteiger partial charge in [0.15, 0.2) is 0 Å². The van der Waals surface area contributed by atoms with E-state index in [1.54, 1.807) is 0 Å². The molecule has 1 aromatic heterocycles. The Bertz CT molecular complexity index is 392. The Balaban J connectivity index is 2.11. The zero-order valence-corrected chi connectivity index (χ0v) is 9.17. The van der Waals surface area contributed by atoms with Crippen molar-refractivity contribution in [1.29, 1.82) is 0 Å². The predicted octanol–water partition coefficient (Wildman–Crippen LogP) is 3.08. The molecular weight excluding hydrogens is 170 g/mol. The molecule has 0 N–H and O–H groups in total. The molecule has 1 heterocycles. The minimum atomic E-state index is 0.532. The van der Waals surface area contributed by atoms with E-state index in [0.717, 1.165) is 11.8 Å². The first-order chi connectivity index (χ1) is 6.59. The van der Waals surface area contributed by atoms with Crippen molar-refractivity contribution in [2.75, 3.05) is 0 Å². The van der Waals surface area contributed by atoms with Gasteiger partial charge in [0.25, 0.3) is 0 Å². The molecule has 0 aromatic carbocycles. The largest absolute Gasteiger partial charge is 0.258 e. The van der Waals surface area contributed by atoms with Gasteiger partial charge in [-0.15, -0.1) is 0 Å². The summed E-state index contributed by atoms with van der Waals surface area (Å²) >= 11 is 0. The van der Waals surface area contributed by atoms with E-state index in [2.05, 4.69) is 37.9 Å². The molecule has 0 radical (unpaired) electrons. The standard InChI is InChI=1S/C13H17N/c1-8-4-5-10-11-6-9(13(11,2)3)7-12(10)14-8/h4-5,9,11H,6-7H2,1-3H3/t9-,11+/m1/s1.